The SMILES string of the molecule is N#CC1(c2ccc(-c3ccc(N4C[C@H](Cn5ccnn5)OC4=O)cc3)cn2)[C@@H]2CS(=O)(=O)C[C@@H]21. The van der Waals surface area contributed by atoms with Gasteiger partial charge in [-0.2, -0.15) is 5.26 Å². The number of sulfone groups is 1. The van der Waals surface area contributed by atoms with Crippen LogP contribution in [0.2, 0.25) is 0 Å². The van der Waals surface area contributed by atoms with Gasteiger partial charge in [-0.05, 0) is 23.8 Å². The van der Waals surface area contributed by atoms with Gasteiger partial charge in [-0.25, -0.2) is 17.9 Å². The molecule has 3 aliphatic rings. The summed E-state index contributed by atoms with van der Waals surface area (Å²) in [6.45, 7) is 0.860. The van der Waals surface area contributed by atoms with Gasteiger partial charge in [-0.3, -0.25) is 9.88 Å². The van der Waals surface area contributed by atoms with Crippen molar-refractivity contribution in [1.29, 1.82) is 5.26 Å². The van der Waals surface area contributed by atoms with Gasteiger partial charge in [0.15, 0.2) is 9.84 Å². The second kappa shape index (κ2) is 7.36. The van der Waals surface area contributed by atoms with Crippen LogP contribution >= 0.6 is 0 Å². The van der Waals surface area contributed by atoms with Gasteiger partial charge in [-0.15, -0.1) is 5.10 Å². The zero-order valence-electron chi connectivity index (χ0n) is 18.0. The standard InChI is InChI=1S/C23H20N6O4S/c24-14-23(19-12-34(31,32)13-20(19)23)21-6-3-16(9-25-21)15-1-4-17(5-2-15)29-11-18(33-22(29)30)10-28-8-7-26-27-28/h1-9,18-20H,10-13H2/t18-,19-,20+,23?/m0/s1. The first kappa shape index (κ1) is 20.8. The molecule has 2 aliphatic heterocycles. The van der Waals surface area contributed by atoms with Crippen LogP contribution in [0.1, 0.15) is 5.69 Å². The largest absolute Gasteiger partial charge is 0.442 e. The van der Waals surface area contributed by atoms with Gasteiger partial charge in [0, 0.05) is 35.5 Å². The molecule has 1 saturated carbocycles. The molecule has 0 N–H and O–H groups in total. The van der Waals surface area contributed by atoms with E-state index in [0.717, 1.165) is 16.8 Å². The third-order valence-corrected chi connectivity index (χ3v) is 8.77. The molecule has 2 aromatic heterocycles. The number of amides is 1. The predicted molar refractivity (Wildman–Crippen MR) is 120 cm³/mol. The molecule has 11 heteroatoms. The third kappa shape index (κ3) is 3.25. The number of hydrogen-bond acceptors (Lipinski definition) is 8. The first-order chi connectivity index (χ1) is 16.4. The first-order valence-electron chi connectivity index (χ1n) is 10.9. The molecular weight excluding hydrogens is 456 g/mol. The summed E-state index contributed by atoms with van der Waals surface area (Å²) in [7, 11) is -3.04. The average Bonchev–Trinajstić information content (AvgIpc) is 3.29. The Morgan fingerprint density at radius 3 is 2.47 bits per heavy atom. The van der Waals surface area contributed by atoms with Gasteiger partial charge in [0.05, 0.1) is 42.6 Å². The van der Waals surface area contributed by atoms with E-state index in [1.807, 2.05) is 36.4 Å². The number of pyridine rings is 1. The summed E-state index contributed by atoms with van der Waals surface area (Å²) in [6, 6.07) is 13.6. The molecule has 3 fully saturated rings. The Hall–Kier alpha value is -3.78. The van der Waals surface area contributed by atoms with E-state index in [4.69, 9.17) is 4.74 Å². The Balaban J connectivity index is 1.16. The number of ether oxygens (including phenoxy) is 1. The summed E-state index contributed by atoms with van der Waals surface area (Å²) in [5.41, 5.74) is 2.37. The number of nitriles is 1. The molecule has 2 saturated heterocycles. The zero-order chi connectivity index (χ0) is 23.5. The van der Waals surface area contributed by atoms with E-state index in [-0.39, 0.29) is 29.4 Å². The van der Waals surface area contributed by atoms with Crippen molar-refractivity contribution in [3.05, 3.63) is 60.7 Å². The zero-order valence-corrected chi connectivity index (χ0v) is 18.8. The van der Waals surface area contributed by atoms with Crippen LogP contribution in [0.4, 0.5) is 10.5 Å². The molecule has 6 rings (SSSR count). The summed E-state index contributed by atoms with van der Waals surface area (Å²) in [6.07, 6.45) is 4.30. The summed E-state index contributed by atoms with van der Waals surface area (Å²) < 4.78 is 30.7. The highest BCUT2D eigenvalue weighted by molar-refractivity contribution is 7.91. The maximum Gasteiger partial charge on any atom is 0.414 e. The van der Waals surface area contributed by atoms with Crippen molar-refractivity contribution in [1.82, 2.24) is 20.0 Å². The molecule has 0 spiro atoms. The van der Waals surface area contributed by atoms with Gasteiger partial charge in [-0.1, -0.05) is 23.4 Å². The fourth-order valence-corrected chi connectivity index (χ4v) is 7.48. The van der Waals surface area contributed by atoms with Crippen molar-refractivity contribution in [3.8, 4) is 17.2 Å². The number of cyclic esters (lactones) is 1. The predicted octanol–water partition coefficient (Wildman–Crippen LogP) is 1.80. The minimum atomic E-state index is -3.04. The first-order valence-corrected chi connectivity index (χ1v) is 12.7. The Labute approximate surface area is 195 Å². The topological polar surface area (TPSA) is 131 Å². The lowest BCUT2D eigenvalue weighted by molar-refractivity contribution is 0.129. The number of hydrogen-bond donors (Lipinski definition) is 0. The molecule has 1 amide bonds. The van der Waals surface area contributed by atoms with E-state index in [1.54, 1.807) is 28.2 Å². The molecule has 34 heavy (non-hydrogen) atoms. The maximum absolute atomic E-state index is 12.3. The molecule has 0 radical (unpaired) electrons. The van der Waals surface area contributed by atoms with Crippen LogP contribution in [0.5, 0.6) is 0 Å². The van der Waals surface area contributed by atoms with Gasteiger partial charge < -0.3 is 4.74 Å². The lowest BCUT2D eigenvalue weighted by Crippen LogP contribution is -2.26. The highest BCUT2D eigenvalue weighted by Crippen LogP contribution is 2.63. The Bertz CT molecular complexity index is 1380. The van der Waals surface area contributed by atoms with Crippen LogP contribution in [0.15, 0.2) is 55.0 Å². The minimum absolute atomic E-state index is 0.0642. The van der Waals surface area contributed by atoms with Gasteiger partial charge in [0.25, 0.3) is 0 Å². The fourth-order valence-electron chi connectivity index (χ4n) is 5.26. The number of rotatable bonds is 5. The van der Waals surface area contributed by atoms with Crippen LogP contribution in [0.3, 0.4) is 0 Å². The summed E-state index contributed by atoms with van der Waals surface area (Å²) >= 11 is 0. The van der Waals surface area contributed by atoms with E-state index in [2.05, 4.69) is 21.4 Å². The Kier molecular flexibility index (Phi) is 4.50. The monoisotopic (exact) mass is 476 g/mol. The van der Waals surface area contributed by atoms with Crippen molar-refractivity contribution in [2.24, 2.45) is 11.8 Å². The molecule has 1 aliphatic carbocycles. The van der Waals surface area contributed by atoms with E-state index in [0.29, 0.717) is 18.8 Å². The quantitative estimate of drug-likeness (QED) is 0.545. The van der Waals surface area contributed by atoms with Crippen LogP contribution in [-0.4, -0.2) is 58.6 Å². The molecule has 3 aromatic rings. The fraction of sp³-hybridized carbons (Fsp3) is 0.348. The number of anilines is 1. The smallest absolute Gasteiger partial charge is 0.414 e. The molecule has 1 unspecified atom stereocenters. The second-order valence-corrected chi connectivity index (χ2v) is 11.1. The summed E-state index contributed by atoms with van der Waals surface area (Å²) in [4.78, 5) is 18.5. The molecule has 10 nitrogen and oxygen atoms in total. The van der Waals surface area contributed by atoms with Crippen LogP contribution in [-0.2, 0) is 26.5 Å². The third-order valence-electron chi connectivity index (χ3n) is 7.03. The molecule has 4 heterocycles. The second-order valence-electron chi connectivity index (χ2n) is 8.99. The number of carbonyl (C=O) groups is 1. The van der Waals surface area contributed by atoms with Crippen molar-refractivity contribution in [2.75, 3.05) is 23.0 Å². The summed E-state index contributed by atoms with van der Waals surface area (Å²) in [5.74, 6) is -0.189. The van der Waals surface area contributed by atoms with Gasteiger partial charge in [0.1, 0.15) is 11.5 Å². The van der Waals surface area contributed by atoms with Crippen molar-refractivity contribution in [2.45, 2.75) is 18.1 Å². The van der Waals surface area contributed by atoms with Crippen LogP contribution in [0, 0.1) is 23.2 Å². The highest BCUT2D eigenvalue weighted by atomic mass is 32.2. The Morgan fingerprint density at radius 2 is 1.85 bits per heavy atom. The number of nitrogens with zero attached hydrogens (tertiary/aromatic N) is 6. The minimum Gasteiger partial charge on any atom is -0.442 e. The molecular formula is C23H20N6O4S. The van der Waals surface area contributed by atoms with Crippen LogP contribution in [0.25, 0.3) is 11.1 Å². The Morgan fingerprint density at radius 1 is 1.12 bits per heavy atom. The maximum atomic E-state index is 12.3. The molecule has 172 valence electrons. The van der Waals surface area contributed by atoms with Gasteiger partial charge in [0.2, 0.25) is 0 Å². The van der Waals surface area contributed by atoms with E-state index < -0.39 is 21.3 Å². The van der Waals surface area contributed by atoms with Crippen molar-refractivity contribution >= 4 is 21.6 Å². The van der Waals surface area contributed by atoms with Crippen molar-refractivity contribution < 1.29 is 17.9 Å². The van der Waals surface area contributed by atoms with Crippen LogP contribution < -0.4 is 4.90 Å². The lowest BCUT2D eigenvalue weighted by atomic mass is 9.97. The highest BCUT2D eigenvalue weighted by Gasteiger charge is 2.72. The lowest BCUT2D eigenvalue weighted by Gasteiger charge is -2.14. The number of fused-ring (bicyclic) bond motifs is 1. The molecule has 1 aromatic carbocycles. The average molecular weight is 477 g/mol. The van der Waals surface area contributed by atoms with Gasteiger partial charge >= 0.3 is 6.09 Å². The van der Waals surface area contributed by atoms with Crippen molar-refractivity contribution in [3.63, 3.8) is 0 Å². The number of aromatic nitrogens is 4. The number of carbonyl (C=O) groups excluding carboxylic acids is 1. The van der Waals surface area contributed by atoms with E-state index in [9.17, 15) is 18.5 Å². The van der Waals surface area contributed by atoms with E-state index in [1.165, 1.54) is 0 Å². The van der Waals surface area contributed by atoms with E-state index >= 15 is 0 Å². The molecule has 4 atom stereocenters. The summed E-state index contributed by atoms with van der Waals surface area (Å²) in [5, 5.41) is 17.5. The normalized spacial score (nSPS) is 28.9. The number of benzene rings is 1. The molecule has 0 bridgehead atoms.